The number of ketones is 1. The van der Waals surface area contributed by atoms with Gasteiger partial charge in [-0.1, -0.05) is 42.0 Å². The molecule has 81 heavy (non-hydrogen) atoms. The summed E-state index contributed by atoms with van der Waals surface area (Å²) in [7, 11) is 0. The molecule has 0 aliphatic carbocycles. The van der Waals surface area contributed by atoms with E-state index in [-0.39, 0.29) is 140 Å². The Morgan fingerprint density at radius 1 is 0.432 bits per heavy atom. The Morgan fingerprint density at radius 2 is 0.728 bits per heavy atom. The van der Waals surface area contributed by atoms with Crippen molar-refractivity contribution in [2.24, 2.45) is 17.8 Å². The van der Waals surface area contributed by atoms with Gasteiger partial charge in [0, 0.05) is 87.7 Å². The van der Waals surface area contributed by atoms with Crippen molar-refractivity contribution in [3.63, 3.8) is 0 Å². The smallest absolute Gasteiger partial charge is 0.222 e. The van der Waals surface area contributed by atoms with Crippen LogP contribution in [0.4, 0.5) is 0 Å². The topological polar surface area (TPSA) is 412 Å². The highest BCUT2D eigenvalue weighted by Gasteiger charge is 2.45. The van der Waals surface area contributed by atoms with Crippen molar-refractivity contribution in [3.8, 4) is 0 Å². The molecule has 27 nitrogen and oxygen atoms in total. The summed E-state index contributed by atoms with van der Waals surface area (Å²) in [4.78, 5) is 77.3. The maximum Gasteiger partial charge on any atom is 0.222 e. The molecule has 0 saturated carbocycles. The monoisotopic (exact) mass is 1170 g/mol. The quantitative estimate of drug-likeness (QED) is 0.0277. The number of rotatable bonds is 39. The van der Waals surface area contributed by atoms with Crippen molar-refractivity contribution in [2.45, 2.75) is 217 Å². The summed E-state index contributed by atoms with van der Waals surface area (Å²) < 4.78 is 33.4. The number of nitrogens with one attached hydrogen (secondary N) is 6. The first-order valence-corrected chi connectivity index (χ1v) is 28.4. The van der Waals surface area contributed by atoms with Gasteiger partial charge in [0.1, 0.15) is 42.4 Å². The Morgan fingerprint density at radius 3 is 1.04 bits per heavy atom. The SMILES string of the molecule is C.CC(C)NC(CCC(=O)CCCCNC(=O)CCO[C@@H]1OC(CO)[C@H](O)[C@H](O)C1C)(CCC(=O)NCCCNC(=O)CCO[C@@H]1OC(CO)[C@H](O)[C@H](O)C1C)CCC(=O)NCCCNC(=O)CCO[C@@H]1OC(CO)[C@H](O)[C@H](O)C1C. The van der Waals surface area contributed by atoms with E-state index in [1.807, 2.05) is 13.8 Å². The molecule has 3 aliphatic heterocycles. The van der Waals surface area contributed by atoms with Gasteiger partial charge in [0.05, 0.1) is 77.2 Å². The zero-order valence-corrected chi connectivity index (χ0v) is 47.3. The van der Waals surface area contributed by atoms with Crippen molar-refractivity contribution in [3.05, 3.63) is 0 Å². The Bertz CT molecular complexity index is 1640. The van der Waals surface area contributed by atoms with E-state index in [1.165, 1.54) is 0 Å². The van der Waals surface area contributed by atoms with Gasteiger partial charge in [-0.25, -0.2) is 0 Å². The molecular formula is C54H100N6O21. The first kappa shape index (κ1) is 73.5. The van der Waals surface area contributed by atoms with Gasteiger partial charge in [-0.2, -0.15) is 0 Å². The fourth-order valence-electron chi connectivity index (χ4n) is 9.65. The third-order valence-corrected chi connectivity index (χ3v) is 14.7. The number of aliphatic hydroxyl groups excluding tert-OH is 9. The average molecular weight is 1170 g/mol. The summed E-state index contributed by atoms with van der Waals surface area (Å²) in [5, 5.41) is 107. The molecule has 3 fully saturated rings. The van der Waals surface area contributed by atoms with Crippen LogP contribution in [0, 0.1) is 17.8 Å². The molecule has 0 bridgehead atoms. The number of unbranched alkanes of at least 4 members (excludes halogenated alkanes) is 1. The van der Waals surface area contributed by atoms with Gasteiger partial charge in [0.15, 0.2) is 18.9 Å². The Hall–Kier alpha value is -3.62. The lowest BCUT2D eigenvalue weighted by Gasteiger charge is -2.40. The molecule has 3 heterocycles. The first-order valence-electron chi connectivity index (χ1n) is 28.4. The Labute approximate surface area is 476 Å². The number of hydrogen-bond donors (Lipinski definition) is 15. The molecule has 6 unspecified atom stereocenters. The molecule has 15 N–H and O–H groups in total. The maximum absolute atomic E-state index is 13.3. The molecule has 3 rings (SSSR count). The van der Waals surface area contributed by atoms with E-state index >= 15 is 0 Å². The zero-order chi connectivity index (χ0) is 59.4. The van der Waals surface area contributed by atoms with Crippen molar-refractivity contribution in [1.29, 1.82) is 0 Å². The van der Waals surface area contributed by atoms with Gasteiger partial charge in [0.25, 0.3) is 0 Å². The van der Waals surface area contributed by atoms with E-state index < -0.39 is 117 Å². The van der Waals surface area contributed by atoms with Crippen molar-refractivity contribution < 1.29 is 103 Å². The molecule has 0 aromatic heterocycles. The highest BCUT2D eigenvalue weighted by Crippen LogP contribution is 2.30. The van der Waals surface area contributed by atoms with Gasteiger partial charge >= 0.3 is 0 Å². The molecule has 472 valence electrons. The molecule has 0 spiro atoms. The molecule has 0 aromatic rings. The summed E-state index contributed by atoms with van der Waals surface area (Å²) in [6.07, 6.45) is -9.82. The third-order valence-electron chi connectivity index (χ3n) is 14.7. The van der Waals surface area contributed by atoms with E-state index in [0.29, 0.717) is 51.5 Å². The highest BCUT2D eigenvalue weighted by molar-refractivity contribution is 5.79. The zero-order valence-electron chi connectivity index (χ0n) is 47.3. The van der Waals surface area contributed by atoms with E-state index in [2.05, 4.69) is 31.9 Å². The molecule has 15 atom stereocenters. The minimum Gasteiger partial charge on any atom is -0.394 e. The van der Waals surface area contributed by atoms with E-state index in [1.54, 1.807) is 20.8 Å². The van der Waals surface area contributed by atoms with Crippen LogP contribution in [0.1, 0.15) is 132 Å². The second kappa shape index (κ2) is 39.1. The number of hydrogen-bond acceptors (Lipinski definition) is 22. The fraction of sp³-hybridized carbons (Fsp3) is 0.889. The van der Waals surface area contributed by atoms with Crippen LogP contribution in [0.25, 0.3) is 0 Å². The van der Waals surface area contributed by atoms with Crippen LogP contribution < -0.4 is 31.9 Å². The largest absolute Gasteiger partial charge is 0.394 e. The number of Topliss-reactive ketones (excluding diaryl/α,β-unsaturated/α-hetero) is 1. The Kier molecular flexibility index (Phi) is 35.5. The lowest BCUT2D eigenvalue weighted by Crippen LogP contribution is -2.55. The van der Waals surface area contributed by atoms with Crippen molar-refractivity contribution in [1.82, 2.24) is 31.9 Å². The van der Waals surface area contributed by atoms with E-state index in [4.69, 9.17) is 28.4 Å². The number of amides is 5. The van der Waals surface area contributed by atoms with Gasteiger partial charge < -0.3 is 106 Å². The number of carbonyl (C=O) groups is 6. The van der Waals surface area contributed by atoms with Gasteiger partial charge in [-0.15, -0.1) is 0 Å². The molecule has 3 saturated heterocycles. The molecule has 0 radical (unpaired) electrons. The predicted molar refractivity (Wildman–Crippen MR) is 291 cm³/mol. The summed E-state index contributed by atoms with van der Waals surface area (Å²) in [6, 6.07) is -0.0881. The number of aliphatic hydroxyl groups is 9. The van der Waals surface area contributed by atoms with Crippen molar-refractivity contribution in [2.75, 3.05) is 72.4 Å². The molecule has 0 aromatic carbocycles. The van der Waals surface area contributed by atoms with Crippen LogP contribution in [0.2, 0.25) is 0 Å². The average Bonchev–Trinajstić information content (AvgIpc) is 3.42. The van der Waals surface area contributed by atoms with Crippen LogP contribution in [0.5, 0.6) is 0 Å². The lowest BCUT2D eigenvalue weighted by atomic mass is 9.81. The molecule has 3 aliphatic rings. The van der Waals surface area contributed by atoms with Crippen LogP contribution in [-0.2, 0) is 57.2 Å². The minimum atomic E-state index is -1.27. The van der Waals surface area contributed by atoms with Crippen LogP contribution in [-0.4, -0.2) is 239 Å². The van der Waals surface area contributed by atoms with Crippen LogP contribution >= 0.6 is 0 Å². The summed E-state index contributed by atoms with van der Waals surface area (Å²) in [6.45, 7) is 8.48. The molecular weight excluding hydrogens is 1070 g/mol. The van der Waals surface area contributed by atoms with Crippen molar-refractivity contribution >= 4 is 35.3 Å². The number of carbonyl (C=O) groups excluding carboxylic acids is 6. The first-order chi connectivity index (χ1) is 38.1. The summed E-state index contributed by atoms with van der Waals surface area (Å²) >= 11 is 0. The standard InChI is InChI=1S/C53H96N6O21.CH4/c1-31(2)59-53(17-11-35(63)10-6-7-20-54-41(66)14-25-75-50-32(3)44(69)47(72)36(28-60)78-50,18-12-39(64)55-21-8-23-57-42(67)15-26-76-51-33(4)45(70)48(73)37(29-61)79-51)19-13-40(65)56-22-9-24-58-43(68)16-27-77-52-34(5)46(71)49(74)38(30-62)80-52;/h31-34,36-38,44-52,59-62,69-74H,6-30H2,1-5H3,(H,54,66)(H,55,64)(H,56,65)(H,57,67)(H,58,68);1H4/t32?,33?,34?,36?,37?,38?,44-,45-,46-,47+,48+,49+,50-,51-,52-,53?;/m1./s1. The second-order valence-electron chi connectivity index (χ2n) is 21.6. The number of ether oxygens (including phenoxy) is 6. The lowest BCUT2D eigenvalue weighted by molar-refractivity contribution is -0.282. The second-order valence-corrected chi connectivity index (χ2v) is 21.6. The molecule has 5 amide bonds. The highest BCUT2D eigenvalue weighted by atomic mass is 16.7. The van der Waals surface area contributed by atoms with Crippen LogP contribution in [0.15, 0.2) is 0 Å². The van der Waals surface area contributed by atoms with E-state index in [9.17, 15) is 74.7 Å². The fourth-order valence-corrected chi connectivity index (χ4v) is 9.65. The van der Waals surface area contributed by atoms with Crippen LogP contribution in [0.3, 0.4) is 0 Å². The summed E-state index contributed by atoms with van der Waals surface area (Å²) in [5.74, 6) is -3.25. The minimum absolute atomic E-state index is 0. The Balaban J connectivity index is 0.0000224. The van der Waals surface area contributed by atoms with Gasteiger partial charge in [0.2, 0.25) is 29.5 Å². The van der Waals surface area contributed by atoms with Gasteiger partial charge in [-0.3, -0.25) is 28.8 Å². The maximum atomic E-state index is 13.3. The summed E-state index contributed by atoms with van der Waals surface area (Å²) in [5.41, 5.74) is -0.799. The van der Waals surface area contributed by atoms with Gasteiger partial charge in [-0.05, 0) is 44.9 Å². The molecule has 27 heteroatoms. The third kappa shape index (κ3) is 26.0. The normalized spacial score (nSPS) is 29.2. The van der Waals surface area contributed by atoms with E-state index in [0.717, 1.165) is 0 Å². The predicted octanol–water partition coefficient (Wildman–Crippen LogP) is -2.75.